The molecule has 0 spiro atoms. The second-order valence-electron chi connectivity index (χ2n) is 6.58. The standard InChI is InChI=1S/C22H16N2O4/c25-21-15-9-3-1-7-13(15)19(27-21)23-17-11-5-6-12-18(17)24-20-14-8-2-4-10-16(14)22(26)28-20/h1-12,19-20,23-24H. The second-order valence-corrected chi connectivity index (χ2v) is 6.58. The van der Waals surface area contributed by atoms with E-state index >= 15 is 0 Å². The van der Waals surface area contributed by atoms with Gasteiger partial charge >= 0.3 is 11.9 Å². The molecule has 3 aromatic carbocycles. The van der Waals surface area contributed by atoms with Gasteiger partial charge in [0, 0.05) is 11.1 Å². The van der Waals surface area contributed by atoms with Gasteiger partial charge in [-0.2, -0.15) is 0 Å². The van der Waals surface area contributed by atoms with Gasteiger partial charge in [0.1, 0.15) is 0 Å². The first-order valence-electron chi connectivity index (χ1n) is 8.92. The molecule has 2 atom stereocenters. The van der Waals surface area contributed by atoms with Gasteiger partial charge in [0.05, 0.1) is 22.5 Å². The predicted molar refractivity (Wildman–Crippen MR) is 103 cm³/mol. The zero-order valence-corrected chi connectivity index (χ0v) is 14.7. The number of esters is 2. The number of fused-ring (bicyclic) bond motifs is 2. The number of rotatable bonds is 4. The summed E-state index contributed by atoms with van der Waals surface area (Å²) in [4.78, 5) is 24.1. The number of hydrogen-bond donors (Lipinski definition) is 2. The van der Waals surface area contributed by atoms with E-state index in [1.807, 2.05) is 60.7 Å². The fourth-order valence-corrected chi connectivity index (χ4v) is 3.52. The summed E-state index contributed by atoms with van der Waals surface area (Å²) in [7, 11) is 0. The van der Waals surface area contributed by atoms with Crippen molar-refractivity contribution in [3.63, 3.8) is 0 Å². The lowest BCUT2D eigenvalue weighted by Gasteiger charge is -2.20. The molecule has 6 nitrogen and oxygen atoms in total. The van der Waals surface area contributed by atoms with E-state index < -0.39 is 12.5 Å². The number of carbonyl (C=O) groups is 2. The Labute approximate surface area is 161 Å². The minimum atomic E-state index is -0.579. The molecule has 2 aliphatic heterocycles. The van der Waals surface area contributed by atoms with Crippen molar-refractivity contribution in [3.8, 4) is 0 Å². The Balaban J connectivity index is 1.42. The zero-order chi connectivity index (χ0) is 19.1. The van der Waals surface area contributed by atoms with E-state index in [-0.39, 0.29) is 11.9 Å². The number of carbonyl (C=O) groups excluding carboxylic acids is 2. The summed E-state index contributed by atoms with van der Waals surface area (Å²) in [6, 6.07) is 22.1. The lowest BCUT2D eigenvalue weighted by Crippen LogP contribution is -2.15. The van der Waals surface area contributed by atoms with Gasteiger partial charge in [-0.25, -0.2) is 9.59 Å². The first-order chi connectivity index (χ1) is 13.7. The highest BCUT2D eigenvalue weighted by molar-refractivity contribution is 5.95. The normalized spacial score (nSPS) is 19.4. The van der Waals surface area contributed by atoms with Gasteiger partial charge in [0.15, 0.2) is 0 Å². The first kappa shape index (κ1) is 16.4. The third-order valence-corrected chi connectivity index (χ3v) is 4.88. The van der Waals surface area contributed by atoms with Gasteiger partial charge in [-0.1, -0.05) is 48.5 Å². The molecule has 0 saturated carbocycles. The topological polar surface area (TPSA) is 76.7 Å². The molecule has 0 bridgehead atoms. The van der Waals surface area contributed by atoms with Crippen molar-refractivity contribution in [1.29, 1.82) is 0 Å². The summed E-state index contributed by atoms with van der Waals surface area (Å²) in [5.74, 6) is -0.700. The molecule has 6 heteroatoms. The van der Waals surface area contributed by atoms with Crippen molar-refractivity contribution in [2.24, 2.45) is 0 Å². The Hall–Kier alpha value is -3.80. The maximum atomic E-state index is 12.1. The van der Waals surface area contributed by atoms with Crippen LogP contribution >= 0.6 is 0 Å². The van der Waals surface area contributed by atoms with Crippen molar-refractivity contribution in [2.45, 2.75) is 12.5 Å². The molecule has 0 amide bonds. The van der Waals surface area contributed by atoms with Crippen LogP contribution in [0.2, 0.25) is 0 Å². The van der Waals surface area contributed by atoms with E-state index in [2.05, 4.69) is 10.6 Å². The van der Waals surface area contributed by atoms with Gasteiger partial charge in [-0.15, -0.1) is 0 Å². The van der Waals surface area contributed by atoms with Crippen LogP contribution < -0.4 is 10.6 Å². The predicted octanol–water partition coefficient (Wildman–Crippen LogP) is 4.25. The lowest BCUT2D eigenvalue weighted by atomic mass is 10.1. The summed E-state index contributed by atoms with van der Waals surface area (Å²) < 4.78 is 10.9. The molecule has 0 aromatic heterocycles. The summed E-state index contributed by atoms with van der Waals surface area (Å²) >= 11 is 0. The van der Waals surface area contributed by atoms with E-state index in [9.17, 15) is 9.59 Å². The SMILES string of the molecule is O=C1OC(Nc2ccccc2NC2OC(=O)c3ccccc32)c2ccccc21. The summed E-state index contributed by atoms with van der Waals surface area (Å²) in [5.41, 5.74) is 4.17. The monoisotopic (exact) mass is 372 g/mol. The van der Waals surface area contributed by atoms with Crippen LogP contribution in [0.25, 0.3) is 0 Å². The zero-order valence-electron chi connectivity index (χ0n) is 14.7. The Bertz CT molecular complexity index is 1010. The molecule has 3 aromatic rings. The average Bonchev–Trinajstić information content (AvgIpc) is 3.21. The first-order valence-corrected chi connectivity index (χ1v) is 8.92. The molecule has 0 fully saturated rings. The molecule has 2 N–H and O–H groups in total. The van der Waals surface area contributed by atoms with Crippen LogP contribution in [0.5, 0.6) is 0 Å². The Kier molecular flexibility index (Phi) is 3.76. The molecular weight excluding hydrogens is 356 g/mol. The fraction of sp³-hybridized carbons (Fsp3) is 0.0909. The minimum Gasteiger partial charge on any atom is -0.434 e. The van der Waals surface area contributed by atoms with E-state index in [1.165, 1.54) is 0 Å². The van der Waals surface area contributed by atoms with Crippen LogP contribution in [-0.2, 0) is 9.47 Å². The maximum Gasteiger partial charge on any atom is 0.340 e. The molecule has 0 aliphatic carbocycles. The van der Waals surface area contributed by atoms with Crippen molar-refractivity contribution < 1.29 is 19.1 Å². The summed E-state index contributed by atoms with van der Waals surface area (Å²) in [6.45, 7) is 0. The highest BCUT2D eigenvalue weighted by Gasteiger charge is 2.33. The van der Waals surface area contributed by atoms with Crippen LogP contribution in [0, 0.1) is 0 Å². The third-order valence-electron chi connectivity index (χ3n) is 4.88. The van der Waals surface area contributed by atoms with Crippen molar-refractivity contribution >= 4 is 23.3 Å². The highest BCUT2D eigenvalue weighted by Crippen LogP contribution is 2.37. The smallest absolute Gasteiger partial charge is 0.340 e. The highest BCUT2D eigenvalue weighted by atomic mass is 16.6. The number of hydrogen-bond acceptors (Lipinski definition) is 6. The molecule has 0 saturated heterocycles. The lowest BCUT2D eigenvalue weighted by molar-refractivity contribution is 0.0424. The van der Waals surface area contributed by atoms with E-state index in [0.717, 1.165) is 22.5 Å². The van der Waals surface area contributed by atoms with Gasteiger partial charge in [0.25, 0.3) is 0 Å². The molecule has 2 unspecified atom stereocenters. The Morgan fingerprint density at radius 1 is 0.571 bits per heavy atom. The molecule has 0 radical (unpaired) electrons. The van der Waals surface area contributed by atoms with Crippen molar-refractivity contribution in [3.05, 3.63) is 95.1 Å². The molecule has 5 rings (SSSR count). The largest absolute Gasteiger partial charge is 0.434 e. The van der Waals surface area contributed by atoms with Crippen LogP contribution in [-0.4, -0.2) is 11.9 Å². The van der Waals surface area contributed by atoms with Crippen LogP contribution in [0.4, 0.5) is 11.4 Å². The van der Waals surface area contributed by atoms with Gasteiger partial charge in [0.2, 0.25) is 12.5 Å². The van der Waals surface area contributed by atoms with Crippen LogP contribution in [0.15, 0.2) is 72.8 Å². The number of nitrogens with one attached hydrogen (secondary N) is 2. The molecule has 2 heterocycles. The van der Waals surface area contributed by atoms with Crippen LogP contribution in [0.1, 0.15) is 44.3 Å². The maximum absolute atomic E-state index is 12.1. The molecule has 28 heavy (non-hydrogen) atoms. The second kappa shape index (κ2) is 6.42. The quantitative estimate of drug-likeness (QED) is 0.667. The minimum absolute atomic E-state index is 0.350. The number of ether oxygens (including phenoxy) is 2. The molecule has 138 valence electrons. The van der Waals surface area contributed by atoms with E-state index in [1.54, 1.807) is 12.1 Å². The Morgan fingerprint density at radius 3 is 1.43 bits per heavy atom. The van der Waals surface area contributed by atoms with Gasteiger partial charge in [-0.3, -0.25) is 0 Å². The number of benzene rings is 3. The summed E-state index contributed by atoms with van der Waals surface area (Å²) in [5, 5.41) is 6.52. The van der Waals surface area contributed by atoms with Gasteiger partial charge in [-0.05, 0) is 24.3 Å². The number of anilines is 2. The van der Waals surface area contributed by atoms with Crippen molar-refractivity contribution in [2.75, 3.05) is 10.6 Å². The summed E-state index contributed by atoms with van der Waals surface area (Å²) in [6.07, 6.45) is -1.16. The van der Waals surface area contributed by atoms with E-state index in [0.29, 0.717) is 11.1 Å². The molecule has 2 aliphatic rings. The van der Waals surface area contributed by atoms with Crippen molar-refractivity contribution in [1.82, 2.24) is 0 Å². The fourth-order valence-electron chi connectivity index (χ4n) is 3.52. The number of cyclic esters (lactones) is 2. The van der Waals surface area contributed by atoms with E-state index in [4.69, 9.17) is 9.47 Å². The molecular formula is C22H16N2O4. The average molecular weight is 372 g/mol. The van der Waals surface area contributed by atoms with Crippen LogP contribution in [0.3, 0.4) is 0 Å². The number of para-hydroxylation sites is 2. The van der Waals surface area contributed by atoms with Gasteiger partial charge < -0.3 is 20.1 Å². The Morgan fingerprint density at radius 2 is 0.964 bits per heavy atom. The third kappa shape index (κ3) is 2.66.